The van der Waals surface area contributed by atoms with Crippen LogP contribution in [0.2, 0.25) is 0 Å². The molecule has 3 rings (SSSR count). The summed E-state index contributed by atoms with van der Waals surface area (Å²) in [6, 6.07) is 13.2. The summed E-state index contributed by atoms with van der Waals surface area (Å²) >= 11 is 2.87. The molecule has 26 heavy (non-hydrogen) atoms. The van der Waals surface area contributed by atoms with E-state index >= 15 is 0 Å². The maximum Gasteiger partial charge on any atom is 0.331 e. The standard InChI is InChI=1S/C18H19N5OS2/c1-23(26-11-9-14-4-2-3-10-20-14)18(24)21-15-7-5-13(6-8-15)16-12-25-17(19)22-16/h2-8,10,12H,9,11H2,1H3,(H2,19,22)(H,21,24). The number of anilines is 2. The number of rotatable bonds is 6. The fourth-order valence-corrected chi connectivity index (χ4v) is 3.55. The van der Waals surface area contributed by atoms with Crippen LogP contribution in [0.3, 0.4) is 0 Å². The summed E-state index contributed by atoms with van der Waals surface area (Å²) in [6.07, 6.45) is 2.59. The number of amides is 2. The minimum Gasteiger partial charge on any atom is -0.375 e. The minimum atomic E-state index is -0.165. The van der Waals surface area contributed by atoms with Crippen molar-refractivity contribution in [2.45, 2.75) is 6.42 Å². The molecule has 1 aromatic carbocycles. The van der Waals surface area contributed by atoms with E-state index in [-0.39, 0.29) is 6.03 Å². The Morgan fingerprint density at radius 1 is 1.27 bits per heavy atom. The monoisotopic (exact) mass is 385 g/mol. The summed E-state index contributed by atoms with van der Waals surface area (Å²) in [5.41, 5.74) is 9.22. The summed E-state index contributed by atoms with van der Waals surface area (Å²) in [4.78, 5) is 20.8. The molecule has 3 aromatic rings. The summed E-state index contributed by atoms with van der Waals surface area (Å²) in [6.45, 7) is 0. The van der Waals surface area contributed by atoms with Crippen LogP contribution in [0, 0.1) is 0 Å². The first kappa shape index (κ1) is 18.2. The lowest BCUT2D eigenvalue weighted by atomic mass is 10.1. The number of nitrogens with zero attached hydrogens (tertiary/aromatic N) is 3. The van der Waals surface area contributed by atoms with Gasteiger partial charge in [0.1, 0.15) is 0 Å². The van der Waals surface area contributed by atoms with Crippen molar-refractivity contribution in [2.24, 2.45) is 0 Å². The Kier molecular flexibility index (Phi) is 6.08. The van der Waals surface area contributed by atoms with Gasteiger partial charge >= 0.3 is 6.03 Å². The van der Waals surface area contributed by atoms with E-state index < -0.39 is 0 Å². The molecular formula is C18H19N5OS2. The Balaban J connectivity index is 1.49. The fourth-order valence-electron chi connectivity index (χ4n) is 2.24. The van der Waals surface area contributed by atoms with Gasteiger partial charge in [-0.1, -0.05) is 18.2 Å². The zero-order valence-electron chi connectivity index (χ0n) is 14.3. The first-order chi connectivity index (χ1) is 12.6. The number of pyridine rings is 1. The number of aryl methyl sites for hydroxylation is 1. The molecule has 0 aliphatic carbocycles. The number of thiazole rings is 1. The van der Waals surface area contributed by atoms with Crippen LogP contribution in [0.4, 0.5) is 15.6 Å². The molecule has 2 heterocycles. The molecule has 0 spiro atoms. The number of benzene rings is 1. The van der Waals surface area contributed by atoms with Crippen LogP contribution in [-0.4, -0.2) is 33.1 Å². The van der Waals surface area contributed by atoms with Crippen molar-refractivity contribution in [1.82, 2.24) is 14.3 Å². The molecule has 0 radical (unpaired) electrons. The van der Waals surface area contributed by atoms with Crippen LogP contribution in [0.15, 0.2) is 54.0 Å². The Hall–Kier alpha value is -2.58. The molecule has 134 valence electrons. The molecule has 0 saturated heterocycles. The second kappa shape index (κ2) is 8.68. The molecule has 8 heteroatoms. The number of nitrogen functional groups attached to an aromatic ring is 1. The molecule has 0 atom stereocenters. The largest absolute Gasteiger partial charge is 0.375 e. The predicted molar refractivity (Wildman–Crippen MR) is 109 cm³/mol. The Labute approximate surface area is 160 Å². The van der Waals surface area contributed by atoms with Gasteiger partial charge in [-0.25, -0.2) is 9.78 Å². The molecule has 6 nitrogen and oxygen atoms in total. The van der Waals surface area contributed by atoms with Crippen molar-refractivity contribution in [3.63, 3.8) is 0 Å². The molecule has 0 fully saturated rings. The summed E-state index contributed by atoms with van der Waals surface area (Å²) in [5.74, 6) is 0.783. The average molecular weight is 386 g/mol. The highest BCUT2D eigenvalue weighted by molar-refractivity contribution is 7.97. The zero-order valence-corrected chi connectivity index (χ0v) is 15.9. The quantitative estimate of drug-likeness (QED) is 0.623. The van der Waals surface area contributed by atoms with Crippen molar-refractivity contribution < 1.29 is 4.79 Å². The van der Waals surface area contributed by atoms with Gasteiger partial charge in [-0.05, 0) is 36.2 Å². The van der Waals surface area contributed by atoms with Gasteiger partial charge in [0.25, 0.3) is 0 Å². The second-order valence-corrected chi connectivity index (χ2v) is 7.58. The van der Waals surface area contributed by atoms with E-state index in [1.165, 1.54) is 23.3 Å². The third-order valence-corrected chi connectivity index (χ3v) is 5.22. The lowest BCUT2D eigenvalue weighted by molar-refractivity contribution is 0.243. The van der Waals surface area contributed by atoms with Crippen molar-refractivity contribution in [1.29, 1.82) is 0 Å². The lowest BCUT2D eigenvalue weighted by Crippen LogP contribution is -2.26. The van der Waals surface area contributed by atoms with Crippen LogP contribution >= 0.6 is 23.3 Å². The molecule has 2 amide bonds. The van der Waals surface area contributed by atoms with Crippen LogP contribution in [0.5, 0.6) is 0 Å². The normalized spacial score (nSPS) is 10.5. The Morgan fingerprint density at radius 3 is 2.73 bits per heavy atom. The Morgan fingerprint density at radius 2 is 2.08 bits per heavy atom. The van der Waals surface area contributed by atoms with Gasteiger partial charge in [-0.3, -0.25) is 9.29 Å². The number of hydrogen-bond donors (Lipinski definition) is 2. The van der Waals surface area contributed by atoms with Gasteiger partial charge in [-0.2, -0.15) is 0 Å². The van der Waals surface area contributed by atoms with Crippen molar-refractivity contribution in [3.05, 3.63) is 59.7 Å². The van der Waals surface area contributed by atoms with Crippen molar-refractivity contribution in [3.8, 4) is 11.3 Å². The van der Waals surface area contributed by atoms with E-state index in [1.807, 2.05) is 47.8 Å². The second-order valence-electron chi connectivity index (χ2n) is 5.48. The molecule has 0 aliphatic rings. The lowest BCUT2D eigenvalue weighted by Gasteiger charge is -2.16. The number of hydrogen-bond acceptors (Lipinski definition) is 6. The van der Waals surface area contributed by atoms with Crippen molar-refractivity contribution in [2.75, 3.05) is 23.9 Å². The minimum absolute atomic E-state index is 0.165. The van der Waals surface area contributed by atoms with E-state index in [4.69, 9.17) is 5.73 Å². The van der Waals surface area contributed by atoms with E-state index in [9.17, 15) is 4.79 Å². The highest BCUT2D eigenvalue weighted by Crippen LogP contribution is 2.24. The third kappa shape index (κ3) is 4.96. The van der Waals surface area contributed by atoms with E-state index in [0.717, 1.165) is 34.8 Å². The van der Waals surface area contributed by atoms with Crippen LogP contribution in [-0.2, 0) is 6.42 Å². The third-order valence-electron chi connectivity index (χ3n) is 3.61. The van der Waals surface area contributed by atoms with Gasteiger partial charge < -0.3 is 11.1 Å². The number of carbonyl (C=O) groups excluding carboxylic acids is 1. The van der Waals surface area contributed by atoms with Gasteiger partial charge in [0, 0.05) is 47.7 Å². The smallest absolute Gasteiger partial charge is 0.331 e. The predicted octanol–water partition coefficient (Wildman–Crippen LogP) is 4.14. The Bertz CT molecular complexity index is 852. The molecule has 0 aliphatic heterocycles. The van der Waals surface area contributed by atoms with E-state index in [0.29, 0.717) is 5.13 Å². The number of nitrogens with two attached hydrogens (primary N) is 1. The topological polar surface area (TPSA) is 84.1 Å². The number of aromatic nitrogens is 2. The van der Waals surface area contributed by atoms with Crippen molar-refractivity contribution >= 4 is 40.1 Å². The maximum atomic E-state index is 12.3. The first-order valence-corrected chi connectivity index (χ1v) is 9.83. The zero-order chi connectivity index (χ0) is 18.4. The number of carbonyl (C=O) groups is 1. The van der Waals surface area contributed by atoms with E-state index in [1.54, 1.807) is 17.5 Å². The maximum absolute atomic E-state index is 12.3. The number of urea groups is 1. The van der Waals surface area contributed by atoms with Crippen LogP contribution < -0.4 is 11.1 Å². The van der Waals surface area contributed by atoms with Gasteiger partial charge in [0.15, 0.2) is 5.13 Å². The highest BCUT2D eigenvalue weighted by atomic mass is 32.2. The molecule has 3 N–H and O–H groups in total. The molecule has 0 bridgehead atoms. The molecule has 0 saturated carbocycles. The van der Waals surface area contributed by atoms with Gasteiger partial charge in [0.05, 0.1) is 5.69 Å². The van der Waals surface area contributed by atoms with Crippen LogP contribution in [0.1, 0.15) is 5.69 Å². The number of nitrogens with one attached hydrogen (secondary N) is 1. The molecular weight excluding hydrogens is 366 g/mol. The average Bonchev–Trinajstić information content (AvgIpc) is 3.09. The first-order valence-electron chi connectivity index (χ1n) is 8.01. The SMILES string of the molecule is CN(SCCc1ccccn1)C(=O)Nc1ccc(-c2csc(N)n2)cc1. The molecule has 0 unspecified atom stereocenters. The van der Waals surface area contributed by atoms with Gasteiger partial charge in [0.2, 0.25) is 0 Å². The van der Waals surface area contributed by atoms with E-state index in [2.05, 4.69) is 15.3 Å². The van der Waals surface area contributed by atoms with Gasteiger partial charge in [-0.15, -0.1) is 11.3 Å². The molecule has 2 aromatic heterocycles. The summed E-state index contributed by atoms with van der Waals surface area (Å²) < 4.78 is 1.60. The summed E-state index contributed by atoms with van der Waals surface area (Å²) in [7, 11) is 1.75. The van der Waals surface area contributed by atoms with Crippen LogP contribution in [0.25, 0.3) is 11.3 Å². The fraction of sp³-hybridized carbons (Fsp3) is 0.167. The summed E-state index contributed by atoms with van der Waals surface area (Å²) in [5, 5.41) is 5.34. The highest BCUT2D eigenvalue weighted by Gasteiger charge is 2.10.